The fraction of sp³-hybridized carbons (Fsp3) is 0.357. The number of nitrogens with one attached hydrogen (secondary N) is 1. The molecule has 1 unspecified atom stereocenters. The molecule has 2 rings (SSSR count). The van der Waals surface area contributed by atoms with Crippen molar-refractivity contribution in [2.24, 2.45) is 0 Å². The largest absolute Gasteiger partial charge is 0.467 e. The lowest BCUT2D eigenvalue weighted by Crippen LogP contribution is -2.39. The summed E-state index contributed by atoms with van der Waals surface area (Å²) >= 11 is 1.59. The van der Waals surface area contributed by atoms with Crippen molar-refractivity contribution >= 4 is 33.4 Å². The van der Waals surface area contributed by atoms with Crippen LogP contribution in [0.25, 0.3) is 10.2 Å². The molecule has 106 valence electrons. The van der Waals surface area contributed by atoms with Gasteiger partial charge in [0.15, 0.2) is 0 Å². The summed E-state index contributed by atoms with van der Waals surface area (Å²) in [6.07, 6.45) is 0.875. The standard InChI is InChI=1S/C14H16N2O3S/c1-9(14(18)19-2)15-12(17)7-8-13-16-10-5-3-4-6-11(10)20-13/h3-6,9H,7-8H2,1-2H3,(H,15,17). The maximum atomic E-state index is 11.7. The van der Waals surface area contributed by atoms with E-state index in [0.717, 1.165) is 15.2 Å². The molecule has 6 heteroatoms. The minimum atomic E-state index is -0.622. The van der Waals surface area contributed by atoms with E-state index in [1.165, 1.54) is 7.11 Å². The fourth-order valence-corrected chi connectivity index (χ4v) is 2.76. The van der Waals surface area contributed by atoms with Crippen molar-refractivity contribution in [1.29, 1.82) is 0 Å². The number of carbonyl (C=O) groups is 2. The van der Waals surface area contributed by atoms with Gasteiger partial charge >= 0.3 is 5.97 Å². The summed E-state index contributed by atoms with van der Waals surface area (Å²) in [5.74, 6) is -0.625. The lowest BCUT2D eigenvalue weighted by Gasteiger charge is -2.10. The molecule has 1 N–H and O–H groups in total. The molecule has 0 fully saturated rings. The third kappa shape index (κ3) is 3.54. The van der Waals surface area contributed by atoms with Crippen molar-refractivity contribution in [2.45, 2.75) is 25.8 Å². The number of carbonyl (C=O) groups excluding carboxylic acids is 2. The quantitative estimate of drug-likeness (QED) is 0.855. The van der Waals surface area contributed by atoms with Crippen molar-refractivity contribution in [1.82, 2.24) is 10.3 Å². The Morgan fingerprint density at radius 1 is 1.40 bits per heavy atom. The minimum Gasteiger partial charge on any atom is -0.467 e. The van der Waals surface area contributed by atoms with E-state index in [9.17, 15) is 9.59 Å². The molecule has 0 saturated carbocycles. The van der Waals surface area contributed by atoms with E-state index in [1.807, 2.05) is 24.3 Å². The van der Waals surface area contributed by atoms with Crippen molar-refractivity contribution in [2.75, 3.05) is 7.11 Å². The monoisotopic (exact) mass is 292 g/mol. The number of thiazole rings is 1. The highest BCUT2D eigenvalue weighted by Gasteiger charge is 2.15. The van der Waals surface area contributed by atoms with E-state index in [-0.39, 0.29) is 5.91 Å². The molecule has 1 aromatic heterocycles. The fourth-order valence-electron chi connectivity index (χ4n) is 1.80. The van der Waals surface area contributed by atoms with Gasteiger partial charge in [-0.15, -0.1) is 11.3 Å². The van der Waals surface area contributed by atoms with Crippen molar-refractivity contribution in [3.05, 3.63) is 29.3 Å². The van der Waals surface area contributed by atoms with Gasteiger partial charge in [0.2, 0.25) is 5.91 Å². The third-order valence-electron chi connectivity index (χ3n) is 2.84. The van der Waals surface area contributed by atoms with Crippen LogP contribution in [0.3, 0.4) is 0 Å². The Hall–Kier alpha value is -1.95. The molecule has 1 heterocycles. The highest BCUT2D eigenvalue weighted by Crippen LogP contribution is 2.22. The van der Waals surface area contributed by atoms with Crippen molar-refractivity contribution in [3.63, 3.8) is 0 Å². The second-order valence-corrected chi connectivity index (χ2v) is 5.50. The molecule has 0 aliphatic rings. The van der Waals surface area contributed by atoms with Gasteiger partial charge in [-0.25, -0.2) is 9.78 Å². The van der Waals surface area contributed by atoms with Gasteiger partial charge in [-0.3, -0.25) is 4.79 Å². The number of aromatic nitrogens is 1. The number of esters is 1. The normalized spacial score (nSPS) is 12.1. The molecule has 0 aliphatic heterocycles. The first-order chi connectivity index (χ1) is 9.60. The predicted molar refractivity (Wildman–Crippen MR) is 77.6 cm³/mol. The average Bonchev–Trinajstić information content (AvgIpc) is 2.87. The van der Waals surface area contributed by atoms with Crippen LogP contribution in [-0.4, -0.2) is 30.0 Å². The van der Waals surface area contributed by atoms with Crippen molar-refractivity contribution in [3.8, 4) is 0 Å². The molecule has 0 saturated heterocycles. The Balaban J connectivity index is 1.88. The van der Waals surface area contributed by atoms with E-state index in [2.05, 4.69) is 15.0 Å². The van der Waals surface area contributed by atoms with Gasteiger partial charge < -0.3 is 10.1 Å². The maximum Gasteiger partial charge on any atom is 0.328 e. The van der Waals surface area contributed by atoms with Crippen LogP contribution in [0.2, 0.25) is 0 Å². The number of amides is 1. The van der Waals surface area contributed by atoms with Gasteiger partial charge in [-0.05, 0) is 19.1 Å². The molecular formula is C14H16N2O3S. The number of rotatable bonds is 5. The maximum absolute atomic E-state index is 11.7. The summed E-state index contributed by atoms with van der Waals surface area (Å²) in [5.41, 5.74) is 0.954. The van der Waals surface area contributed by atoms with E-state index >= 15 is 0 Å². The Labute approximate surface area is 121 Å². The van der Waals surface area contributed by atoms with Crippen molar-refractivity contribution < 1.29 is 14.3 Å². The number of para-hydroxylation sites is 1. The van der Waals surface area contributed by atoms with Gasteiger partial charge in [-0.2, -0.15) is 0 Å². The third-order valence-corrected chi connectivity index (χ3v) is 3.93. The number of aryl methyl sites for hydroxylation is 1. The number of nitrogens with zero attached hydrogens (tertiary/aromatic N) is 1. The molecule has 0 spiro atoms. The lowest BCUT2D eigenvalue weighted by molar-refractivity contribution is -0.144. The zero-order valence-corrected chi connectivity index (χ0v) is 12.2. The van der Waals surface area contributed by atoms with Crippen LogP contribution in [0.1, 0.15) is 18.4 Å². The topological polar surface area (TPSA) is 68.3 Å². The van der Waals surface area contributed by atoms with Gasteiger partial charge in [0.25, 0.3) is 0 Å². The Kier molecular flexibility index (Phi) is 4.68. The molecule has 20 heavy (non-hydrogen) atoms. The summed E-state index contributed by atoms with van der Waals surface area (Å²) in [6, 6.07) is 7.25. The van der Waals surface area contributed by atoms with Gasteiger partial charge in [-0.1, -0.05) is 12.1 Å². The van der Waals surface area contributed by atoms with E-state index in [1.54, 1.807) is 18.3 Å². The van der Waals surface area contributed by atoms with Gasteiger partial charge in [0.05, 0.1) is 22.3 Å². The van der Waals surface area contributed by atoms with Gasteiger partial charge in [0.1, 0.15) is 6.04 Å². The molecular weight excluding hydrogens is 276 g/mol. The van der Waals surface area contributed by atoms with Crippen LogP contribution >= 0.6 is 11.3 Å². The number of hydrogen-bond acceptors (Lipinski definition) is 5. The molecule has 2 aromatic rings. The molecule has 1 atom stereocenters. The molecule has 0 bridgehead atoms. The SMILES string of the molecule is COC(=O)C(C)NC(=O)CCc1nc2ccccc2s1. The van der Waals surface area contributed by atoms with Crippen LogP contribution in [0.5, 0.6) is 0 Å². The summed E-state index contributed by atoms with van der Waals surface area (Å²) < 4.78 is 5.67. The Morgan fingerprint density at radius 3 is 2.85 bits per heavy atom. The number of methoxy groups -OCH3 is 1. The average molecular weight is 292 g/mol. The molecule has 1 amide bonds. The first-order valence-corrected chi connectivity index (χ1v) is 7.13. The van der Waals surface area contributed by atoms with Crippen LogP contribution in [0, 0.1) is 0 Å². The van der Waals surface area contributed by atoms with Gasteiger partial charge in [0, 0.05) is 12.8 Å². The highest BCUT2D eigenvalue weighted by molar-refractivity contribution is 7.18. The van der Waals surface area contributed by atoms with Crippen LogP contribution in [0.15, 0.2) is 24.3 Å². The number of benzene rings is 1. The Morgan fingerprint density at radius 2 is 2.15 bits per heavy atom. The van der Waals surface area contributed by atoms with E-state index in [4.69, 9.17) is 0 Å². The highest BCUT2D eigenvalue weighted by atomic mass is 32.1. The lowest BCUT2D eigenvalue weighted by atomic mass is 10.2. The Bertz CT molecular complexity index is 591. The van der Waals surface area contributed by atoms with Crippen LogP contribution < -0.4 is 5.32 Å². The first kappa shape index (κ1) is 14.5. The number of ether oxygens (including phenoxy) is 1. The van der Waals surface area contributed by atoms with Crippen LogP contribution in [0.4, 0.5) is 0 Å². The second-order valence-electron chi connectivity index (χ2n) is 4.39. The smallest absolute Gasteiger partial charge is 0.328 e. The zero-order chi connectivity index (χ0) is 14.5. The second kappa shape index (κ2) is 6.47. The zero-order valence-electron chi connectivity index (χ0n) is 11.4. The summed E-state index contributed by atoms with van der Waals surface area (Å²) in [4.78, 5) is 27.4. The molecule has 0 aliphatic carbocycles. The number of hydrogen-bond donors (Lipinski definition) is 1. The summed E-state index contributed by atoms with van der Waals surface area (Å²) in [5, 5.41) is 3.52. The number of fused-ring (bicyclic) bond motifs is 1. The molecule has 0 radical (unpaired) electrons. The molecule has 5 nitrogen and oxygen atoms in total. The summed E-state index contributed by atoms with van der Waals surface area (Å²) in [6.45, 7) is 1.60. The van der Waals surface area contributed by atoms with E-state index < -0.39 is 12.0 Å². The summed E-state index contributed by atoms with van der Waals surface area (Å²) in [7, 11) is 1.30. The first-order valence-electron chi connectivity index (χ1n) is 6.32. The van der Waals surface area contributed by atoms with Crippen LogP contribution in [-0.2, 0) is 20.7 Å². The van der Waals surface area contributed by atoms with E-state index in [0.29, 0.717) is 12.8 Å². The minimum absolute atomic E-state index is 0.179. The predicted octanol–water partition coefficient (Wildman–Crippen LogP) is 1.91. The molecule has 1 aromatic carbocycles.